The molecular formula is C18H19N4O5-. The molecule has 9 heteroatoms. The van der Waals surface area contributed by atoms with Crippen LogP contribution in [-0.2, 0) is 4.79 Å². The Morgan fingerprint density at radius 3 is 2.63 bits per heavy atom. The number of ether oxygens (including phenoxy) is 1. The second-order valence-corrected chi connectivity index (χ2v) is 5.53. The Bertz CT molecular complexity index is 839. The minimum atomic E-state index is -0.812. The van der Waals surface area contributed by atoms with E-state index in [1.54, 1.807) is 0 Å². The van der Waals surface area contributed by atoms with E-state index in [4.69, 9.17) is 4.74 Å². The van der Waals surface area contributed by atoms with Crippen molar-refractivity contribution in [1.82, 2.24) is 5.43 Å². The second-order valence-electron chi connectivity index (χ2n) is 5.53. The highest BCUT2D eigenvalue weighted by atomic mass is 16.6. The molecule has 0 spiro atoms. The molecule has 1 amide bonds. The first-order chi connectivity index (χ1) is 13.0. The van der Waals surface area contributed by atoms with Crippen LogP contribution in [0.25, 0.3) is 0 Å². The number of nitro benzene ring substituents is 1. The molecule has 142 valence electrons. The van der Waals surface area contributed by atoms with Gasteiger partial charge in [-0.2, -0.15) is 5.10 Å². The summed E-state index contributed by atoms with van der Waals surface area (Å²) in [7, 11) is 1.33. The number of hydrogen-bond acceptors (Lipinski definition) is 7. The molecule has 2 aromatic carbocycles. The second kappa shape index (κ2) is 9.18. The van der Waals surface area contributed by atoms with Gasteiger partial charge in [-0.25, -0.2) is 5.43 Å². The molecule has 0 aliphatic heterocycles. The van der Waals surface area contributed by atoms with E-state index in [-0.39, 0.29) is 11.3 Å². The fourth-order valence-corrected chi connectivity index (χ4v) is 2.29. The highest BCUT2D eigenvalue weighted by Crippen LogP contribution is 2.31. The van der Waals surface area contributed by atoms with Crippen molar-refractivity contribution in [1.29, 1.82) is 0 Å². The summed E-state index contributed by atoms with van der Waals surface area (Å²) in [5, 5.41) is 29.8. The van der Waals surface area contributed by atoms with Crippen molar-refractivity contribution < 1.29 is 19.6 Å². The summed E-state index contributed by atoms with van der Waals surface area (Å²) < 4.78 is 4.95. The summed E-state index contributed by atoms with van der Waals surface area (Å²) >= 11 is 0. The fraction of sp³-hybridized carbons (Fsp3) is 0.222. The predicted molar refractivity (Wildman–Crippen MR) is 99.0 cm³/mol. The average molecular weight is 371 g/mol. The van der Waals surface area contributed by atoms with Gasteiger partial charge in [-0.3, -0.25) is 14.9 Å². The third-order valence-corrected chi connectivity index (χ3v) is 3.72. The Labute approximate surface area is 155 Å². The van der Waals surface area contributed by atoms with E-state index >= 15 is 0 Å². The topological polar surface area (TPSA) is 129 Å². The Balaban J connectivity index is 2.10. The van der Waals surface area contributed by atoms with Crippen LogP contribution in [0.2, 0.25) is 0 Å². The van der Waals surface area contributed by atoms with Crippen molar-refractivity contribution in [3.05, 3.63) is 58.1 Å². The number of amides is 1. The quantitative estimate of drug-likeness (QED) is 0.415. The van der Waals surface area contributed by atoms with E-state index < -0.39 is 28.3 Å². The summed E-state index contributed by atoms with van der Waals surface area (Å²) in [5.74, 6) is -1.07. The van der Waals surface area contributed by atoms with Crippen LogP contribution in [0.3, 0.4) is 0 Å². The van der Waals surface area contributed by atoms with Gasteiger partial charge in [0, 0.05) is 5.69 Å². The van der Waals surface area contributed by atoms with Crippen molar-refractivity contribution >= 4 is 23.5 Å². The molecule has 0 aromatic heterocycles. The van der Waals surface area contributed by atoms with E-state index in [9.17, 15) is 20.0 Å². The molecule has 0 aliphatic rings. The van der Waals surface area contributed by atoms with Crippen LogP contribution in [0, 0.1) is 10.1 Å². The number of carbonyl (C=O) groups excluding carboxylic acids is 1. The third kappa shape index (κ3) is 5.18. The van der Waals surface area contributed by atoms with Gasteiger partial charge < -0.3 is 15.2 Å². The zero-order valence-corrected chi connectivity index (χ0v) is 14.8. The lowest BCUT2D eigenvalue weighted by atomic mass is 10.1. The molecule has 2 aromatic rings. The van der Waals surface area contributed by atoms with Crippen molar-refractivity contribution in [3.63, 3.8) is 0 Å². The number of nitrogens with one attached hydrogen (secondary N) is 2. The standard InChI is InChI=1S/C18H20N4O5/c1-3-15(20-13-7-5-4-6-8-13)18(24)21-19-11-12-9-14(27-2)10-16(17(12)23)22(25)26/h4-11,15,20,23H,3H2,1-2H3,(H,21,24)/p-1/b19-11-/t15-/m0/s1. The SMILES string of the molecule is CC[C@H](Nc1ccccc1)C(=O)N/N=C\c1cc(OC)cc([N+](=O)[O-])c1[O-]. The van der Waals surface area contributed by atoms with Gasteiger partial charge in [-0.15, -0.1) is 0 Å². The first-order valence-electron chi connectivity index (χ1n) is 8.14. The number of hydrazone groups is 1. The number of methoxy groups -OCH3 is 1. The summed E-state index contributed by atoms with van der Waals surface area (Å²) in [6, 6.07) is 11.0. The van der Waals surface area contributed by atoms with Gasteiger partial charge in [0.05, 0.1) is 24.3 Å². The molecule has 0 unspecified atom stereocenters. The summed E-state index contributed by atoms with van der Waals surface area (Å²) in [4.78, 5) is 22.4. The number of para-hydroxylation sites is 1. The first-order valence-corrected chi connectivity index (χ1v) is 8.14. The molecule has 1 atom stereocenters. The van der Waals surface area contributed by atoms with Crippen LogP contribution < -0.4 is 20.6 Å². The number of nitrogens with zero attached hydrogens (tertiary/aromatic N) is 2. The van der Waals surface area contributed by atoms with Gasteiger partial charge >= 0.3 is 0 Å². The summed E-state index contributed by atoms with van der Waals surface area (Å²) in [5.41, 5.74) is 2.43. The van der Waals surface area contributed by atoms with Crippen LogP contribution >= 0.6 is 0 Å². The van der Waals surface area contributed by atoms with E-state index in [0.29, 0.717) is 6.42 Å². The maximum atomic E-state index is 12.3. The molecule has 2 N–H and O–H groups in total. The van der Waals surface area contributed by atoms with Crippen LogP contribution in [0.5, 0.6) is 11.5 Å². The number of rotatable bonds is 8. The monoisotopic (exact) mass is 371 g/mol. The van der Waals surface area contributed by atoms with Crippen molar-refractivity contribution in [3.8, 4) is 11.5 Å². The normalized spacial score (nSPS) is 11.8. The van der Waals surface area contributed by atoms with E-state index in [1.165, 1.54) is 13.2 Å². The van der Waals surface area contributed by atoms with Gasteiger partial charge in [-0.1, -0.05) is 25.1 Å². The number of carbonyl (C=O) groups is 1. The Kier molecular flexibility index (Phi) is 6.70. The molecular weight excluding hydrogens is 352 g/mol. The first kappa shape index (κ1) is 19.7. The lowest BCUT2D eigenvalue weighted by Crippen LogP contribution is -2.36. The molecule has 0 bridgehead atoms. The predicted octanol–water partition coefficient (Wildman–Crippen LogP) is 2.02. The fourth-order valence-electron chi connectivity index (χ4n) is 2.29. The van der Waals surface area contributed by atoms with E-state index in [2.05, 4.69) is 15.8 Å². The molecule has 0 saturated carbocycles. The van der Waals surface area contributed by atoms with Crippen molar-refractivity contribution in [2.75, 3.05) is 12.4 Å². The van der Waals surface area contributed by atoms with Crippen LogP contribution in [0.4, 0.5) is 11.4 Å². The minimum absolute atomic E-state index is 0.0644. The van der Waals surface area contributed by atoms with Gasteiger partial charge in [0.1, 0.15) is 11.8 Å². The van der Waals surface area contributed by atoms with E-state index in [1.807, 2.05) is 37.3 Å². The largest absolute Gasteiger partial charge is 0.867 e. The molecule has 0 aliphatic carbocycles. The zero-order chi connectivity index (χ0) is 19.8. The lowest BCUT2D eigenvalue weighted by Gasteiger charge is -2.16. The Hall–Kier alpha value is -3.62. The maximum Gasteiger partial charge on any atom is 0.266 e. The minimum Gasteiger partial charge on any atom is -0.867 e. The maximum absolute atomic E-state index is 12.3. The molecule has 0 saturated heterocycles. The van der Waals surface area contributed by atoms with Crippen LogP contribution in [0.15, 0.2) is 47.6 Å². The van der Waals surface area contributed by atoms with Gasteiger partial charge in [0.15, 0.2) is 0 Å². The van der Waals surface area contributed by atoms with Gasteiger partial charge in [0.25, 0.3) is 11.6 Å². The smallest absolute Gasteiger partial charge is 0.266 e. The molecule has 0 radical (unpaired) electrons. The highest BCUT2D eigenvalue weighted by molar-refractivity contribution is 5.89. The number of nitro groups is 1. The summed E-state index contributed by atoms with van der Waals surface area (Å²) in [6.07, 6.45) is 1.57. The van der Waals surface area contributed by atoms with Gasteiger partial charge in [0.2, 0.25) is 0 Å². The Morgan fingerprint density at radius 2 is 2.04 bits per heavy atom. The molecule has 27 heavy (non-hydrogen) atoms. The molecule has 0 fully saturated rings. The average Bonchev–Trinajstić information content (AvgIpc) is 2.67. The van der Waals surface area contributed by atoms with Crippen molar-refractivity contribution in [2.45, 2.75) is 19.4 Å². The Morgan fingerprint density at radius 1 is 1.33 bits per heavy atom. The van der Waals surface area contributed by atoms with Gasteiger partial charge in [-0.05, 0) is 35.9 Å². The van der Waals surface area contributed by atoms with Crippen LogP contribution in [0.1, 0.15) is 18.9 Å². The van der Waals surface area contributed by atoms with Crippen LogP contribution in [-0.4, -0.2) is 30.2 Å². The molecule has 2 rings (SSSR count). The molecule has 0 heterocycles. The number of anilines is 1. The highest BCUT2D eigenvalue weighted by Gasteiger charge is 2.16. The zero-order valence-electron chi connectivity index (χ0n) is 14.8. The number of benzene rings is 2. The molecule has 9 nitrogen and oxygen atoms in total. The number of hydrogen-bond donors (Lipinski definition) is 2. The third-order valence-electron chi connectivity index (χ3n) is 3.72. The lowest BCUT2D eigenvalue weighted by molar-refractivity contribution is -0.398. The van der Waals surface area contributed by atoms with E-state index in [0.717, 1.165) is 18.0 Å². The van der Waals surface area contributed by atoms with Crippen molar-refractivity contribution in [2.24, 2.45) is 5.10 Å². The summed E-state index contributed by atoms with van der Waals surface area (Å²) in [6.45, 7) is 1.84.